The predicted octanol–water partition coefficient (Wildman–Crippen LogP) is 3.36. The summed E-state index contributed by atoms with van der Waals surface area (Å²) in [5.74, 6) is -0.813. The molecule has 3 aromatic heterocycles. The molecule has 8 heteroatoms. The van der Waals surface area contributed by atoms with E-state index in [1.807, 2.05) is 60.9 Å². The van der Waals surface area contributed by atoms with Gasteiger partial charge in [0.05, 0.1) is 23.6 Å². The van der Waals surface area contributed by atoms with Crippen molar-refractivity contribution in [3.63, 3.8) is 0 Å². The predicted molar refractivity (Wildman–Crippen MR) is 139 cm³/mol. The van der Waals surface area contributed by atoms with Gasteiger partial charge in [-0.1, -0.05) is 25.1 Å². The number of carboxylic acid groups (broad SMARTS) is 1. The van der Waals surface area contributed by atoms with Crippen molar-refractivity contribution in [2.45, 2.75) is 63.9 Å². The summed E-state index contributed by atoms with van der Waals surface area (Å²) in [7, 11) is 0. The molecular formula is C28H36N6O2. The van der Waals surface area contributed by atoms with Crippen molar-refractivity contribution in [3.05, 3.63) is 90.3 Å². The minimum absolute atomic E-state index is 0.00666. The number of nitrogens with one attached hydrogen (secondary N) is 1. The molecule has 8 nitrogen and oxygen atoms in total. The van der Waals surface area contributed by atoms with E-state index in [9.17, 15) is 9.90 Å². The van der Waals surface area contributed by atoms with Gasteiger partial charge in [-0.2, -0.15) is 0 Å². The van der Waals surface area contributed by atoms with Crippen LogP contribution in [0, 0.1) is 0 Å². The maximum Gasteiger partial charge on any atom is 0.317 e. The molecule has 0 bridgehead atoms. The largest absolute Gasteiger partial charge is 0.480 e. The number of carboxylic acids is 1. The van der Waals surface area contributed by atoms with Gasteiger partial charge < -0.3 is 10.4 Å². The average molecular weight is 489 g/mol. The smallest absolute Gasteiger partial charge is 0.317 e. The van der Waals surface area contributed by atoms with Crippen LogP contribution in [0.25, 0.3) is 0 Å². The van der Waals surface area contributed by atoms with Gasteiger partial charge in [-0.15, -0.1) is 0 Å². The number of rotatable bonds is 12. The SMILES string of the molecule is CCN(Cc1ccccn1)C1CC(NCc2ccccn2)CC(N(CC(=O)O)Cc2ccccn2)C1. The van der Waals surface area contributed by atoms with Gasteiger partial charge in [0.2, 0.25) is 0 Å². The Hall–Kier alpha value is -3.20. The molecule has 0 radical (unpaired) electrons. The molecule has 0 spiro atoms. The van der Waals surface area contributed by atoms with E-state index in [-0.39, 0.29) is 18.6 Å². The van der Waals surface area contributed by atoms with Gasteiger partial charge in [-0.3, -0.25) is 29.5 Å². The second-order valence-corrected chi connectivity index (χ2v) is 9.42. The summed E-state index contributed by atoms with van der Waals surface area (Å²) in [5.41, 5.74) is 2.95. The number of pyridine rings is 3. The lowest BCUT2D eigenvalue weighted by Crippen LogP contribution is -2.53. The Balaban J connectivity index is 1.54. The fraction of sp³-hybridized carbons (Fsp3) is 0.429. The molecule has 3 unspecified atom stereocenters. The summed E-state index contributed by atoms with van der Waals surface area (Å²) < 4.78 is 0. The zero-order valence-corrected chi connectivity index (χ0v) is 20.9. The van der Waals surface area contributed by atoms with Crippen molar-refractivity contribution in [1.82, 2.24) is 30.1 Å². The van der Waals surface area contributed by atoms with E-state index in [0.29, 0.717) is 19.1 Å². The van der Waals surface area contributed by atoms with Crippen molar-refractivity contribution in [3.8, 4) is 0 Å². The molecule has 1 aliphatic rings. The highest BCUT2D eigenvalue weighted by atomic mass is 16.4. The molecule has 0 saturated heterocycles. The van der Waals surface area contributed by atoms with Crippen molar-refractivity contribution in [2.24, 2.45) is 0 Å². The molecule has 0 amide bonds. The second kappa shape index (κ2) is 13.2. The van der Waals surface area contributed by atoms with E-state index in [1.54, 1.807) is 6.20 Å². The number of hydrogen-bond acceptors (Lipinski definition) is 7. The first-order valence-electron chi connectivity index (χ1n) is 12.7. The van der Waals surface area contributed by atoms with Crippen LogP contribution < -0.4 is 5.32 Å². The number of nitrogens with zero attached hydrogens (tertiary/aromatic N) is 5. The molecule has 2 N–H and O–H groups in total. The highest BCUT2D eigenvalue weighted by Crippen LogP contribution is 2.29. The van der Waals surface area contributed by atoms with E-state index < -0.39 is 5.97 Å². The van der Waals surface area contributed by atoms with Crippen LogP contribution >= 0.6 is 0 Å². The molecular weight excluding hydrogens is 452 g/mol. The van der Waals surface area contributed by atoms with Crippen LogP contribution in [-0.2, 0) is 24.4 Å². The van der Waals surface area contributed by atoms with Gasteiger partial charge in [0.1, 0.15) is 0 Å². The van der Waals surface area contributed by atoms with Crippen LogP contribution in [0.1, 0.15) is 43.3 Å². The lowest BCUT2D eigenvalue weighted by molar-refractivity contribution is -0.139. The van der Waals surface area contributed by atoms with E-state index in [0.717, 1.165) is 49.4 Å². The van der Waals surface area contributed by atoms with Crippen LogP contribution in [0.3, 0.4) is 0 Å². The van der Waals surface area contributed by atoms with E-state index >= 15 is 0 Å². The molecule has 1 fully saturated rings. The Morgan fingerprint density at radius 2 is 1.36 bits per heavy atom. The first-order chi connectivity index (χ1) is 17.6. The highest BCUT2D eigenvalue weighted by Gasteiger charge is 2.35. The summed E-state index contributed by atoms with van der Waals surface area (Å²) in [4.78, 5) is 29.9. The third kappa shape index (κ3) is 7.65. The third-order valence-electron chi connectivity index (χ3n) is 6.92. The molecule has 36 heavy (non-hydrogen) atoms. The lowest BCUT2D eigenvalue weighted by atomic mass is 9.84. The summed E-state index contributed by atoms with van der Waals surface area (Å²) in [6.45, 7) is 5.07. The Morgan fingerprint density at radius 3 is 1.86 bits per heavy atom. The highest BCUT2D eigenvalue weighted by molar-refractivity contribution is 5.69. The van der Waals surface area contributed by atoms with Gasteiger partial charge >= 0.3 is 5.97 Å². The maximum absolute atomic E-state index is 11.8. The molecule has 3 aromatic rings. The Kier molecular flexibility index (Phi) is 9.49. The quantitative estimate of drug-likeness (QED) is 0.401. The maximum atomic E-state index is 11.8. The number of aliphatic carboxylic acids is 1. The summed E-state index contributed by atoms with van der Waals surface area (Å²) in [6.07, 6.45) is 8.20. The van der Waals surface area contributed by atoms with Crippen molar-refractivity contribution < 1.29 is 9.90 Å². The summed E-state index contributed by atoms with van der Waals surface area (Å²) in [5, 5.41) is 13.4. The molecule has 0 aromatic carbocycles. The first kappa shape index (κ1) is 25.9. The minimum Gasteiger partial charge on any atom is -0.480 e. The Labute approximate surface area is 213 Å². The normalized spacial score (nSPS) is 20.0. The van der Waals surface area contributed by atoms with E-state index in [2.05, 4.69) is 43.1 Å². The van der Waals surface area contributed by atoms with Crippen LogP contribution in [0.15, 0.2) is 73.2 Å². The zero-order valence-electron chi connectivity index (χ0n) is 20.9. The van der Waals surface area contributed by atoms with Crippen molar-refractivity contribution in [2.75, 3.05) is 13.1 Å². The topological polar surface area (TPSA) is 94.5 Å². The van der Waals surface area contributed by atoms with Gasteiger partial charge in [-0.05, 0) is 62.2 Å². The number of carbonyl (C=O) groups is 1. The van der Waals surface area contributed by atoms with Gasteiger partial charge in [0.15, 0.2) is 0 Å². The number of hydrogen-bond donors (Lipinski definition) is 2. The second-order valence-electron chi connectivity index (χ2n) is 9.42. The van der Waals surface area contributed by atoms with Gasteiger partial charge in [0, 0.05) is 56.4 Å². The van der Waals surface area contributed by atoms with Crippen molar-refractivity contribution in [1.29, 1.82) is 0 Å². The lowest BCUT2D eigenvalue weighted by Gasteiger charge is -2.44. The molecule has 3 atom stereocenters. The Morgan fingerprint density at radius 1 is 0.833 bits per heavy atom. The van der Waals surface area contributed by atoms with Crippen molar-refractivity contribution >= 4 is 5.97 Å². The standard InChI is InChI=1S/C28H36N6O2/c1-2-33(19-23-10-4-7-13-30-23)26-15-25(32-18-22-9-3-6-12-29-22)16-27(17-26)34(21-28(35)36)20-24-11-5-8-14-31-24/h3-14,25-27,32H,2,15-21H2,1H3,(H,35,36). The van der Waals surface area contributed by atoms with E-state index in [4.69, 9.17) is 0 Å². The molecule has 3 heterocycles. The minimum atomic E-state index is -0.813. The molecule has 190 valence electrons. The molecule has 1 saturated carbocycles. The molecule has 4 rings (SSSR count). The fourth-order valence-electron chi connectivity index (χ4n) is 5.16. The fourth-order valence-corrected chi connectivity index (χ4v) is 5.16. The van der Waals surface area contributed by atoms with Crippen LogP contribution in [-0.4, -0.2) is 67.0 Å². The van der Waals surface area contributed by atoms with Crippen LogP contribution in [0.5, 0.6) is 0 Å². The summed E-state index contributed by atoms with van der Waals surface area (Å²) >= 11 is 0. The van der Waals surface area contributed by atoms with Gasteiger partial charge in [-0.25, -0.2) is 0 Å². The van der Waals surface area contributed by atoms with Crippen LogP contribution in [0.2, 0.25) is 0 Å². The number of aromatic nitrogens is 3. The van der Waals surface area contributed by atoms with E-state index in [1.165, 1.54) is 0 Å². The van der Waals surface area contributed by atoms with Crippen LogP contribution in [0.4, 0.5) is 0 Å². The molecule has 0 aliphatic heterocycles. The zero-order chi connectivity index (χ0) is 25.2. The first-order valence-corrected chi connectivity index (χ1v) is 12.7. The van der Waals surface area contributed by atoms with Gasteiger partial charge in [0.25, 0.3) is 0 Å². The Bertz CT molecular complexity index is 1050. The third-order valence-corrected chi connectivity index (χ3v) is 6.92. The molecule has 1 aliphatic carbocycles. The monoisotopic (exact) mass is 488 g/mol. The summed E-state index contributed by atoms with van der Waals surface area (Å²) in [6, 6.07) is 18.5. The average Bonchev–Trinajstić information content (AvgIpc) is 2.91.